The van der Waals surface area contributed by atoms with E-state index in [2.05, 4.69) is 56.9 Å². The van der Waals surface area contributed by atoms with E-state index in [1.807, 2.05) is 36.4 Å². The van der Waals surface area contributed by atoms with Crippen LogP contribution in [0.15, 0.2) is 93.6 Å². The largest absolute Gasteiger partial charge is 0.573 e. The molecule has 3 aromatic rings. The SMILES string of the molecule is CC(C)=Cc1ccccc1N1CCS/C1=N\N=C\c1ccc(C/N=C\N(N)c2ccc(OC(F)(F)F)cc2)cc1. The van der Waals surface area contributed by atoms with E-state index < -0.39 is 6.36 Å². The molecule has 1 heterocycles. The van der Waals surface area contributed by atoms with E-state index in [0.29, 0.717) is 12.2 Å². The molecule has 0 atom stereocenters. The number of benzene rings is 3. The van der Waals surface area contributed by atoms with E-state index in [0.717, 1.165) is 39.8 Å². The number of hydrogen-bond donors (Lipinski definition) is 1. The number of nitrogens with two attached hydrogens (primary N) is 1. The Balaban J connectivity index is 1.33. The zero-order chi connectivity index (χ0) is 28.5. The van der Waals surface area contributed by atoms with Gasteiger partial charge in [-0.15, -0.1) is 18.3 Å². The van der Waals surface area contributed by atoms with Crippen LogP contribution in [0.4, 0.5) is 24.5 Å². The molecule has 1 aliphatic heterocycles. The maximum absolute atomic E-state index is 12.3. The number of hydrogen-bond acceptors (Lipinski definition) is 6. The van der Waals surface area contributed by atoms with Gasteiger partial charge in [0.25, 0.3) is 0 Å². The molecule has 0 unspecified atom stereocenters. The van der Waals surface area contributed by atoms with Crippen LogP contribution < -0.4 is 20.5 Å². The number of hydrazine groups is 1. The average Bonchev–Trinajstić information content (AvgIpc) is 3.37. The average molecular weight is 567 g/mol. The summed E-state index contributed by atoms with van der Waals surface area (Å²) in [4.78, 5) is 6.50. The van der Waals surface area contributed by atoms with Crippen molar-refractivity contribution in [3.8, 4) is 5.75 Å². The van der Waals surface area contributed by atoms with Gasteiger partial charge in [-0.3, -0.25) is 10.0 Å². The number of allylic oxidation sites excluding steroid dienone is 1. The quantitative estimate of drug-likeness (QED) is 0.133. The van der Waals surface area contributed by atoms with Crippen molar-refractivity contribution >= 4 is 46.9 Å². The van der Waals surface area contributed by atoms with Gasteiger partial charge in [0.1, 0.15) is 12.1 Å². The van der Waals surface area contributed by atoms with Gasteiger partial charge in [0.2, 0.25) is 0 Å². The zero-order valence-electron chi connectivity index (χ0n) is 22.0. The third-order valence-corrected chi connectivity index (χ3v) is 6.57. The first-order chi connectivity index (χ1) is 19.2. The van der Waals surface area contributed by atoms with E-state index in [9.17, 15) is 13.2 Å². The lowest BCUT2D eigenvalue weighted by atomic mass is 10.1. The van der Waals surface area contributed by atoms with Crippen LogP contribution in [0.3, 0.4) is 0 Å². The molecule has 1 saturated heterocycles. The van der Waals surface area contributed by atoms with E-state index >= 15 is 0 Å². The van der Waals surface area contributed by atoms with Gasteiger partial charge in [0.15, 0.2) is 5.17 Å². The summed E-state index contributed by atoms with van der Waals surface area (Å²) in [5, 5.41) is 10.9. The molecule has 7 nitrogen and oxygen atoms in total. The molecular weight excluding hydrogens is 537 g/mol. The van der Waals surface area contributed by atoms with E-state index in [-0.39, 0.29) is 5.75 Å². The fraction of sp³-hybridized carbons (Fsp3) is 0.207. The van der Waals surface area contributed by atoms with Gasteiger partial charge in [-0.2, -0.15) is 5.10 Å². The molecule has 1 aliphatic rings. The molecule has 0 saturated carbocycles. The van der Waals surface area contributed by atoms with Crippen molar-refractivity contribution in [3.05, 3.63) is 95.1 Å². The number of thioether (sulfide) groups is 1. The first kappa shape index (κ1) is 28.9. The summed E-state index contributed by atoms with van der Waals surface area (Å²) in [6.07, 6.45) is 0.553. The summed E-state index contributed by atoms with van der Waals surface area (Å²) < 4.78 is 40.8. The molecule has 3 aromatic carbocycles. The topological polar surface area (TPSA) is 78.8 Å². The van der Waals surface area contributed by atoms with E-state index in [1.165, 1.54) is 41.2 Å². The Labute approximate surface area is 235 Å². The summed E-state index contributed by atoms with van der Waals surface area (Å²) in [6.45, 7) is 5.42. The van der Waals surface area contributed by atoms with Crippen LogP contribution in [0.5, 0.6) is 5.75 Å². The Morgan fingerprint density at radius 1 is 1.05 bits per heavy atom. The monoisotopic (exact) mass is 566 g/mol. The van der Waals surface area contributed by atoms with Crippen molar-refractivity contribution in [2.75, 3.05) is 22.2 Å². The molecule has 40 heavy (non-hydrogen) atoms. The van der Waals surface area contributed by atoms with Gasteiger partial charge in [0.05, 0.1) is 24.1 Å². The number of halogens is 3. The lowest BCUT2D eigenvalue weighted by Gasteiger charge is -2.19. The van der Waals surface area contributed by atoms with Crippen LogP contribution in [0, 0.1) is 0 Å². The second-order valence-electron chi connectivity index (χ2n) is 9.05. The minimum atomic E-state index is -4.74. The van der Waals surface area contributed by atoms with Crippen molar-refractivity contribution in [1.82, 2.24) is 0 Å². The van der Waals surface area contributed by atoms with Crippen LogP contribution in [0.2, 0.25) is 0 Å². The van der Waals surface area contributed by atoms with Crippen LogP contribution in [0.25, 0.3) is 6.08 Å². The van der Waals surface area contributed by atoms with Crippen molar-refractivity contribution in [1.29, 1.82) is 0 Å². The molecule has 0 amide bonds. The highest BCUT2D eigenvalue weighted by molar-refractivity contribution is 8.14. The first-order valence-corrected chi connectivity index (χ1v) is 13.4. The second-order valence-corrected chi connectivity index (χ2v) is 10.1. The molecule has 4 rings (SSSR count). The van der Waals surface area contributed by atoms with Crippen LogP contribution in [-0.4, -0.2) is 36.4 Å². The van der Waals surface area contributed by atoms with Crippen LogP contribution in [-0.2, 0) is 6.54 Å². The van der Waals surface area contributed by atoms with Gasteiger partial charge >= 0.3 is 6.36 Å². The summed E-state index contributed by atoms with van der Waals surface area (Å²) in [5.74, 6) is 6.56. The number of ether oxygens (including phenoxy) is 1. The smallest absolute Gasteiger partial charge is 0.406 e. The third-order valence-electron chi connectivity index (χ3n) is 5.63. The molecule has 0 radical (unpaired) electrons. The Kier molecular flexibility index (Phi) is 9.62. The normalized spacial score (nSPS) is 14.8. The maximum Gasteiger partial charge on any atom is 0.573 e. The number of rotatable bonds is 9. The van der Waals surface area contributed by atoms with Crippen LogP contribution >= 0.6 is 11.8 Å². The van der Waals surface area contributed by atoms with E-state index in [1.54, 1.807) is 18.0 Å². The molecule has 0 spiro atoms. The van der Waals surface area contributed by atoms with Crippen molar-refractivity contribution in [2.24, 2.45) is 21.0 Å². The predicted octanol–water partition coefficient (Wildman–Crippen LogP) is 6.86. The lowest BCUT2D eigenvalue weighted by Crippen LogP contribution is -2.29. The number of anilines is 2. The Hall–Kier alpha value is -4.09. The number of alkyl halides is 3. The first-order valence-electron chi connectivity index (χ1n) is 12.4. The summed E-state index contributed by atoms with van der Waals surface area (Å²) >= 11 is 1.68. The lowest BCUT2D eigenvalue weighted by molar-refractivity contribution is -0.274. The van der Waals surface area contributed by atoms with E-state index in [4.69, 9.17) is 5.84 Å². The minimum Gasteiger partial charge on any atom is -0.406 e. The zero-order valence-corrected chi connectivity index (χ0v) is 22.9. The summed E-state index contributed by atoms with van der Waals surface area (Å²) in [5.41, 5.74) is 5.83. The number of amidine groups is 1. The Bertz CT molecular complexity index is 1400. The maximum atomic E-state index is 12.3. The van der Waals surface area contributed by atoms with Gasteiger partial charge in [-0.1, -0.05) is 65.9 Å². The number of aliphatic imine (C=N–C) groups is 1. The molecule has 2 N–H and O–H groups in total. The second kappa shape index (κ2) is 13.3. The Morgan fingerprint density at radius 2 is 1.77 bits per heavy atom. The third kappa shape index (κ3) is 8.45. The summed E-state index contributed by atoms with van der Waals surface area (Å²) in [6, 6.07) is 21.2. The fourth-order valence-corrected chi connectivity index (χ4v) is 4.76. The molecule has 1 fully saturated rings. The van der Waals surface area contributed by atoms with Crippen molar-refractivity contribution < 1.29 is 17.9 Å². The van der Waals surface area contributed by atoms with Crippen molar-refractivity contribution in [2.45, 2.75) is 26.8 Å². The molecule has 208 valence electrons. The molecular formula is C29H29F3N6OS. The number of nitrogens with zero attached hydrogens (tertiary/aromatic N) is 5. The van der Waals surface area contributed by atoms with Gasteiger partial charge in [0, 0.05) is 12.3 Å². The predicted molar refractivity (Wildman–Crippen MR) is 159 cm³/mol. The fourth-order valence-electron chi connectivity index (χ4n) is 3.85. The van der Waals surface area contributed by atoms with Gasteiger partial charge < -0.3 is 9.64 Å². The van der Waals surface area contributed by atoms with Crippen molar-refractivity contribution in [3.63, 3.8) is 0 Å². The van der Waals surface area contributed by atoms with Gasteiger partial charge in [-0.05, 0) is 60.9 Å². The standard InChI is InChI=1S/C29H29F3N6OS/c1-21(2)17-24-5-3-4-6-27(24)37-15-16-40-28(37)36-35-19-23-9-7-22(8-10-23)18-34-20-38(33)25-11-13-26(14-12-25)39-29(30,31)32/h3-14,17,19-20H,15-16,18,33H2,1-2H3/b34-20-,35-19+,36-28-. The molecule has 0 bridgehead atoms. The van der Waals surface area contributed by atoms with Crippen LogP contribution in [0.1, 0.15) is 30.5 Å². The molecule has 0 aliphatic carbocycles. The number of para-hydroxylation sites is 1. The Morgan fingerprint density at radius 3 is 2.48 bits per heavy atom. The van der Waals surface area contributed by atoms with Gasteiger partial charge in [-0.25, -0.2) is 5.84 Å². The highest BCUT2D eigenvalue weighted by Crippen LogP contribution is 2.30. The minimum absolute atomic E-state index is 0.319. The highest BCUT2D eigenvalue weighted by atomic mass is 32.2. The molecule has 0 aromatic heterocycles. The highest BCUT2D eigenvalue weighted by Gasteiger charge is 2.31. The molecule has 11 heteroatoms. The summed E-state index contributed by atoms with van der Waals surface area (Å²) in [7, 11) is 0.